The molecule has 0 amide bonds. The van der Waals surface area contributed by atoms with E-state index in [-0.39, 0.29) is 0 Å². The molecule has 1 nitrogen and oxygen atoms in total. The minimum Gasteiger partial charge on any atom is -0.330 e. The maximum Gasteiger partial charge on any atom is -0.00204 e. The van der Waals surface area contributed by atoms with Gasteiger partial charge in [0.2, 0.25) is 0 Å². The Morgan fingerprint density at radius 1 is 1.06 bits per heavy atom. The summed E-state index contributed by atoms with van der Waals surface area (Å²) in [6.07, 6.45) is 15.9. The molecule has 0 bridgehead atoms. The molecule has 2 fully saturated rings. The van der Waals surface area contributed by atoms with Crippen molar-refractivity contribution in [1.29, 1.82) is 0 Å². The molecule has 1 heteroatoms. The first-order valence-corrected chi connectivity index (χ1v) is 7.98. The van der Waals surface area contributed by atoms with Crippen LogP contribution in [0.5, 0.6) is 0 Å². The molecule has 2 N–H and O–H groups in total. The van der Waals surface area contributed by atoms with Gasteiger partial charge in [-0.05, 0) is 49.5 Å². The van der Waals surface area contributed by atoms with Crippen LogP contribution >= 0.6 is 0 Å². The second kappa shape index (κ2) is 6.22. The fourth-order valence-corrected chi connectivity index (χ4v) is 4.25. The molecule has 100 valence electrons. The van der Waals surface area contributed by atoms with Crippen molar-refractivity contribution in [2.24, 2.45) is 23.0 Å². The monoisotopic (exact) mass is 237 g/mol. The summed E-state index contributed by atoms with van der Waals surface area (Å²) in [6, 6.07) is 0. The molecule has 2 rings (SSSR count). The molecular formula is C16H31N. The van der Waals surface area contributed by atoms with E-state index in [0.717, 1.165) is 18.4 Å². The van der Waals surface area contributed by atoms with Crippen LogP contribution in [-0.2, 0) is 0 Å². The number of nitrogens with two attached hydrogens (primary N) is 1. The Balaban J connectivity index is 1.84. The summed E-state index contributed by atoms with van der Waals surface area (Å²) in [5.41, 5.74) is 6.67. The lowest BCUT2D eigenvalue weighted by molar-refractivity contribution is 0.121. The van der Waals surface area contributed by atoms with E-state index >= 15 is 0 Å². The maximum atomic E-state index is 6.14. The van der Waals surface area contributed by atoms with Gasteiger partial charge in [-0.1, -0.05) is 51.9 Å². The van der Waals surface area contributed by atoms with Crippen LogP contribution < -0.4 is 5.73 Å². The van der Waals surface area contributed by atoms with E-state index in [4.69, 9.17) is 5.73 Å². The van der Waals surface area contributed by atoms with Crippen molar-refractivity contribution < 1.29 is 0 Å². The molecule has 0 radical (unpaired) electrons. The third kappa shape index (κ3) is 3.47. The summed E-state index contributed by atoms with van der Waals surface area (Å²) >= 11 is 0. The van der Waals surface area contributed by atoms with Gasteiger partial charge in [0.1, 0.15) is 0 Å². The molecule has 0 aliphatic heterocycles. The Morgan fingerprint density at radius 2 is 1.76 bits per heavy atom. The first-order valence-electron chi connectivity index (χ1n) is 7.98. The summed E-state index contributed by atoms with van der Waals surface area (Å²) in [6.45, 7) is 3.30. The van der Waals surface area contributed by atoms with Crippen molar-refractivity contribution in [3.8, 4) is 0 Å². The van der Waals surface area contributed by atoms with Crippen molar-refractivity contribution in [1.82, 2.24) is 0 Å². The second-order valence-corrected chi connectivity index (χ2v) is 6.76. The van der Waals surface area contributed by atoms with Gasteiger partial charge in [0, 0.05) is 0 Å². The topological polar surface area (TPSA) is 26.0 Å². The zero-order valence-electron chi connectivity index (χ0n) is 11.7. The van der Waals surface area contributed by atoms with E-state index in [1.165, 1.54) is 70.6 Å². The average molecular weight is 237 g/mol. The van der Waals surface area contributed by atoms with Gasteiger partial charge < -0.3 is 5.73 Å². The number of rotatable bonds is 5. The van der Waals surface area contributed by atoms with Gasteiger partial charge in [-0.15, -0.1) is 0 Å². The van der Waals surface area contributed by atoms with Crippen molar-refractivity contribution >= 4 is 0 Å². The molecule has 0 spiro atoms. The molecule has 0 aromatic heterocycles. The molecule has 2 saturated carbocycles. The number of hydrogen-bond acceptors (Lipinski definition) is 1. The van der Waals surface area contributed by atoms with Gasteiger partial charge in [-0.25, -0.2) is 0 Å². The third-order valence-electron chi connectivity index (χ3n) is 5.61. The first kappa shape index (κ1) is 13.4. The fraction of sp³-hybridized carbons (Fsp3) is 1.00. The Morgan fingerprint density at radius 3 is 2.41 bits per heavy atom. The molecule has 2 unspecified atom stereocenters. The van der Waals surface area contributed by atoms with Crippen LogP contribution in [-0.4, -0.2) is 6.54 Å². The smallest absolute Gasteiger partial charge is 0.00204 e. The second-order valence-electron chi connectivity index (χ2n) is 6.76. The molecular weight excluding hydrogens is 206 g/mol. The standard InChI is InChI=1S/C16H31N/c1-2-14-8-5-10-16(12-14,13-17)11-9-15-6-3-4-7-15/h14-15H,2-13,17H2,1H3. The number of hydrogen-bond donors (Lipinski definition) is 1. The Kier molecular flexibility index (Phi) is 4.90. The van der Waals surface area contributed by atoms with Crippen LogP contribution in [0.3, 0.4) is 0 Å². The van der Waals surface area contributed by atoms with E-state index < -0.39 is 0 Å². The lowest BCUT2D eigenvalue weighted by atomic mass is 9.66. The predicted molar refractivity (Wildman–Crippen MR) is 74.9 cm³/mol. The molecule has 2 atom stereocenters. The summed E-state index contributed by atoms with van der Waals surface area (Å²) in [5, 5.41) is 0. The summed E-state index contributed by atoms with van der Waals surface area (Å²) in [4.78, 5) is 0. The lowest BCUT2D eigenvalue weighted by Gasteiger charge is -2.41. The van der Waals surface area contributed by atoms with Gasteiger partial charge >= 0.3 is 0 Å². The van der Waals surface area contributed by atoms with Gasteiger partial charge in [-0.3, -0.25) is 0 Å². The SMILES string of the molecule is CCC1CCCC(CN)(CCC2CCCC2)C1. The minimum absolute atomic E-state index is 0.529. The highest BCUT2D eigenvalue weighted by Gasteiger charge is 2.34. The van der Waals surface area contributed by atoms with Crippen molar-refractivity contribution in [3.63, 3.8) is 0 Å². The average Bonchev–Trinajstić information content (AvgIpc) is 2.90. The van der Waals surface area contributed by atoms with Gasteiger partial charge in [0.05, 0.1) is 0 Å². The normalized spacial score (nSPS) is 35.3. The zero-order valence-corrected chi connectivity index (χ0v) is 11.7. The molecule has 0 aromatic carbocycles. The maximum absolute atomic E-state index is 6.14. The van der Waals surface area contributed by atoms with Crippen LogP contribution in [0.1, 0.15) is 77.6 Å². The Hall–Kier alpha value is -0.0400. The molecule has 0 heterocycles. The first-order chi connectivity index (χ1) is 8.28. The molecule has 0 aromatic rings. The van der Waals surface area contributed by atoms with E-state index in [2.05, 4.69) is 6.92 Å². The molecule has 2 aliphatic carbocycles. The minimum atomic E-state index is 0.529. The summed E-state index contributed by atoms with van der Waals surface area (Å²) < 4.78 is 0. The Bertz CT molecular complexity index is 220. The third-order valence-corrected chi connectivity index (χ3v) is 5.61. The van der Waals surface area contributed by atoms with Crippen LogP contribution in [0.4, 0.5) is 0 Å². The van der Waals surface area contributed by atoms with Gasteiger partial charge in [0.25, 0.3) is 0 Å². The molecule has 17 heavy (non-hydrogen) atoms. The summed E-state index contributed by atoms with van der Waals surface area (Å²) in [5.74, 6) is 2.01. The van der Waals surface area contributed by atoms with Crippen LogP contribution in [0.15, 0.2) is 0 Å². The zero-order chi connectivity index (χ0) is 12.1. The molecule has 0 saturated heterocycles. The van der Waals surface area contributed by atoms with E-state index in [1.54, 1.807) is 0 Å². The van der Waals surface area contributed by atoms with Crippen LogP contribution in [0, 0.1) is 17.3 Å². The molecule has 2 aliphatic rings. The summed E-state index contributed by atoms with van der Waals surface area (Å²) in [7, 11) is 0. The predicted octanol–water partition coefficient (Wildman–Crippen LogP) is 4.50. The lowest BCUT2D eigenvalue weighted by Crippen LogP contribution is -2.36. The highest BCUT2D eigenvalue weighted by Crippen LogP contribution is 2.45. The fourth-order valence-electron chi connectivity index (χ4n) is 4.25. The largest absolute Gasteiger partial charge is 0.330 e. The van der Waals surface area contributed by atoms with Crippen molar-refractivity contribution in [3.05, 3.63) is 0 Å². The van der Waals surface area contributed by atoms with Gasteiger partial charge in [0.15, 0.2) is 0 Å². The highest BCUT2D eigenvalue weighted by atomic mass is 14.6. The van der Waals surface area contributed by atoms with E-state index in [0.29, 0.717) is 5.41 Å². The van der Waals surface area contributed by atoms with Gasteiger partial charge in [-0.2, -0.15) is 0 Å². The van der Waals surface area contributed by atoms with Crippen molar-refractivity contribution in [2.45, 2.75) is 77.6 Å². The van der Waals surface area contributed by atoms with Crippen molar-refractivity contribution in [2.75, 3.05) is 6.54 Å². The van der Waals surface area contributed by atoms with E-state index in [9.17, 15) is 0 Å². The van der Waals surface area contributed by atoms with Crippen LogP contribution in [0.25, 0.3) is 0 Å². The highest BCUT2D eigenvalue weighted by molar-refractivity contribution is 4.88. The quantitative estimate of drug-likeness (QED) is 0.748. The Labute approximate surface area is 108 Å². The van der Waals surface area contributed by atoms with Crippen LogP contribution in [0.2, 0.25) is 0 Å². The van der Waals surface area contributed by atoms with E-state index in [1.807, 2.05) is 0 Å².